The van der Waals surface area contributed by atoms with Gasteiger partial charge in [-0.25, -0.2) is 4.98 Å². The van der Waals surface area contributed by atoms with E-state index >= 15 is 0 Å². The minimum atomic E-state index is -0.199. The average molecular weight is 414 g/mol. The van der Waals surface area contributed by atoms with E-state index in [4.69, 9.17) is 23.2 Å². The minimum absolute atomic E-state index is 0.0579. The maximum absolute atomic E-state index is 12.1. The van der Waals surface area contributed by atoms with Crippen LogP contribution in [0.3, 0.4) is 0 Å². The number of hydrogen-bond acceptors (Lipinski definition) is 5. The molecule has 0 radical (unpaired) electrons. The van der Waals surface area contributed by atoms with Crippen molar-refractivity contribution in [3.63, 3.8) is 0 Å². The molecule has 3 aromatic rings. The third-order valence-corrected chi connectivity index (χ3v) is 5.70. The molecule has 2 heterocycles. The molecule has 0 aliphatic heterocycles. The van der Waals surface area contributed by atoms with Crippen LogP contribution in [0.1, 0.15) is 12.1 Å². The number of halogens is 2. The van der Waals surface area contributed by atoms with Gasteiger partial charge in [-0.1, -0.05) is 34.5 Å². The van der Waals surface area contributed by atoms with Crippen LogP contribution in [0.15, 0.2) is 33.8 Å². The number of aromatic nitrogens is 2. The molecular weight excluding hydrogens is 401 g/mol. The lowest BCUT2D eigenvalue weighted by molar-refractivity contribution is -0.116. The van der Waals surface area contributed by atoms with Crippen molar-refractivity contribution in [3.05, 3.63) is 54.4 Å². The highest BCUT2D eigenvalue weighted by Crippen LogP contribution is 2.32. The van der Waals surface area contributed by atoms with E-state index in [9.17, 15) is 9.59 Å². The van der Waals surface area contributed by atoms with Crippen molar-refractivity contribution < 1.29 is 4.79 Å². The van der Waals surface area contributed by atoms with E-state index in [1.54, 1.807) is 33.5 Å². The van der Waals surface area contributed by atoms with Crippen LogP contribution in [0.25, 0.3) is 11.3 Å². The minimum Gasteiger partial charge on any atom is -0.303 e. The van der Waals surface area contributed by atoms with Crippen LogP contribution in [0.5, 0.6) is 0 Å². The van der Waals surface area contributed by atoms with Crippen molar-refractivity contribution in [1.29, 1.82) is 0 Å². The number of nitrogens with zero attached hydrogens (tertiary/aromatic N) is 2. The molecule has 25 heavy (non-hydrogen) atoms. The number of nitrogens with one attached hydrogen (secondary N) is 1. The van der Waals surface area contributed by atoms with E-state index in [0.717, 1.165) is 17.0 Å². The average Bonchev–Trinajstić information content (AvgIpc) is 3.15. The van der Waals surface area contributed by atoms with Gasteiger partial charge in [0.15, 0.2) is 5.13 Å². The van der Waals surface area contributed by atoms with E-state index in [0.29, 0.717) is 33.0 Å². The van der Waals surface area contributed by atoms with E-state index in [1.807, 2.05) is 6.92 Å². The third kappa shape index (κ3) is 4.30. The second kappa shape index (κ2) is 7.70. The molecule has 0 aliphatic rings. The molecule has 0 saturated heterocycles. The molecule has 1 aromatic carbocycles. The van der Waals surface area contributed by atoms with Crippen molar-refractivity contribution in [2.75, 3.05) is 5.32 Å². The molecule has 0 bridgehead atoms. The van der Waals surface area contributed by atoms with Crippen LogP contribution in [0, 0.1) is 6.92 Å². The van der Waals surface area contributed by atoms with Crippen molar-refractivity contribution in [2.45, 2.75) is 19.9 Å². The highest BCUT2D eigenvalue weighted by atomic mass is 35.5. The van der Waals surface area contributed by atoms with Gasteiger partial charge in [-0.05, 0) is 25.1 Å². The number of amides is 1. The Morgan fingerprint density at radius 3 is 2.80 bits per heavy atom. The van der Waals surface area contributed by atoms with Gasteiger partial charge in [-0.15, -0.1) is 11.3 Å². The summed E-state index contributed by atoms with van der Waals surface area (Å²) in [6.45, 7) is 2.19. The smallest absolute Gasteiger partial charge is 0.303 e. The highest BCUT2D eigenvalue weighted by molar-refractivity contribution is 7.14. The van der Waals surface area contributed by atoms with Crippen molar-refractivity contribution in [1.82, 2.24) is 9.55 Å². The number of carbonyl (C=O) groups is 1. The molecule has 1 N–H and O–H groups in total. The zero-order chi connectivity index (χ0) is 18.0. The Balaban J connectivity index is 1.66. The summed E-state index contributed by atoms with van der Waals surface area (Å²) in [7, 11) is 0. The molecule has 2 aromatic heterocycles. The van der Waals surface area contributed by atoms with Crippen LogP contribution in [-0.2, 0) is 11.3 Å². The summed E-state index contributed by atoms with van der Waals surface area (Å²) in [6, 6.07) is 5.14. The summed E-state index contributed by atoms with van der Waals surface area (Å²) in [5.74, 6) is -0.199. The first-order chi connectivity index (χ1) is 11.9. The standard InChI is InChI=1S/C16H13Cl2N3O2S2/c1-9-7-25-16(23)21(9)5-4-14(22)20-15-19-13(8-24-15)11-6-10(17)2-3-12(11)18/h2-3,6-8H,4-5H2,1H3,(H,19,20,22). The van der Waals surface area contributed by atoms with Gasteiger partial charge in [0, 0.05) is 40.0 Å². The highest BCUT2D eigenvalue weighted by Gasteiger charge is 2.12. The molecule has 0 fully saturated rings. The van der Waals surface area contributed by atoms with Gasteiger partial charge < -0.3 is 9.88 Å². The second-order valence-electron chi connectivity index (χ2n) is 5.25. The van der Waals surface area contributed by atoms with E-state index < -0.39 is 0 Å². The van der Waals surface area contributed by atoms with Gasteiger partial charge in [-0.2, -0.15) is 0 Å². The van der Waals surface area contributed by atoms with Crippen LogP contribution in [-0.4, -0.2) is 15.5 Å². The largest absolute Gasteiger partial charge is 0.307 e. The summed E-state index contributed by atoms with van der Waals surface area (Å²) in [5.41, 5.74) is 2.22. The van der Waals surface area contributed by atoms with Gasteiger partial charge in [0.2, 0.25) is 5.91 Å². The number of aryl methyl sites for hydroxylation is 1. The van der Waals surface area contributed by atoms with Crippen molar-refractivity contribution in [3.8, 4) is 11.3 Å². The zero-order valence-corrected chi connectivity index (χ0v) is 16.2. The van der Waals surface area contributed by atoms with Crippen LogP contribution in [0.4, 0.5) is 5.13 Å². The topological polar surface area (TPSA) is 64.0 Å². The molecule has 130 valence electrons. The number of benzene rings is 1. The van der Waals surface area contributed by atoms with Gasteiger partial charge in [0.1, 0.15) is 0 Å². The molecular formula is C16H13Cl2N3O2S2. The van der Waals surface area contributed by atoms with Gasteiger partial charge in [0.05, 0.1) is 10.7 Å². The maximum Gasteiger partial charge on any atom is 0.307 e. The van der Waals surface area contributed by atoms with E-state index in [2.05, 4.69) is 10.3 Å². The molecule has 0 aliphatic carbocycles. The molecule has 5 nitrogen and oxygen atoms in total. The summed E-state index contributed by atoms with van der Waals surface area (Å²) in [5, 5.41) is 7.92. The summed E-state index contributed by atoms with van der Waals surface area (Å²) >= 11 is 14.6. The number of hydrogen-bond donors (Lipinski definition) is 1. The second-order valence-corrected chi connectivity index (χ2v) is 7.78. The summed E-state index contributed by atoms with van der Waals surface area (Å²) < 4.78 is 1.59. The first-order valence-corrected chi connectivity index (χ1v) is 9.81. The molecule has 0 atom stereocenters. The number of carbonyl (C=O) groups excluding carboxylic acids is 1. The molecule has 9 heteroatoms. The fourth-order valence-electron chi connectivity index (χ4n) is 2.22. The van der Waals surface area contributed by atoms with Gasteiger partial charge >= 0.3 is 4.87 Å². The predicted octanol–water partition coefficient (Wildman–Crippen LogP) is 4.68. The Bertz CT molecular complexity index is 978. The first kappa shape index (κ1) is 18.1. The first-order valence-electron chi connectivity index (χ1n) is 7.30. The van der Waals surface area contributed by atoms with E-state index in [1.165, 1.54) is 11.3 Å². The SMILES string of the molecule is Cc1csc(=O)n1CCC(=O)Nc1nc(-c2cc(Cl)ccc2Cl)cs1. The fraction of sp³-hybridized carbons (Fsp3) is 0.188. The third-order valence-electron chi connectivity index (χ3n) is 3.49. The number of anilines is 1. The molecule has 0 unspecified atom stereocenters. The summed E-state index contributed by atoms with van der Waals surface area (Å²) in [4.78, 5) is 28.1. The zero-order valence-electron chi connectivity index (χ0n) is 13.1. The Morgan fingerprint density at radius 2 is 2.08 bits per heavy atom. The normalized spacial score (nSPS) is 10.8. The van der Waals surface area contributed by atoms with Crippen LogP contribution in [0.2, 0.25) is 10.0 Å². The lowest BCUT2D eigenvalue weighted by Gasteiger charge is -2.04. The Morgan fingerprint density at radius 1 is 1.28 bits per heavy atom. The fourth-order valence-corrected chi connectivity index (χ4v) is 4.09. The molecule has 0 spiro atoms. The molecule has 1 amide bonds. The predicted molar refractivity (Wildman–Crippen MR) is 104 cm³/mol. The van der Waals surface area contributed by atoms with Gasteiger partial charge in [-0.3, -0.25) is 9.59 Å². The number of rotatable bonds is 5. The summed E-state index contributed by atoms with van der Waals surface area (Å²) in [6.07, 6.45) is 0.199. The Hall–Kier alpha value is -1.67. The number of thiazole rings is 2. The van der Waals surface area contributed by atoms with Crippen molar-refractivity contribution >= 4 is 56.9 Å². The monoisotopic (exact) mass is 413 g/mol. The van der Waals surface area contributed by atoms with Crippen LogP contribution >= 0.6 is 45.9 Å². The maximum atomic E-state index is 12.1. The van der Waals surface area contributed by atoms with Gasteiger partial charge in [0.25, 0.3) is 0 Å². The van der Waals surface area contributed by atoms with E-state index in [-0.39, 0.29) is 17.2 Å². The quantitative estimate of drug-likeness (QED) is 0.660. The Labute approximate surface area is 161 Å². The van der Waals surface area contributed by atoms with Crippen LogP contribution < -0.4 is 10.2 Å². The molecule has 3 rings (SSSR count). The molecule has 0 saturated carbocycles. The Kier molecular flexibility index (Phi) is 5.58. The lowest BCUT2D eigenvalue weighted by Crippen LogP contribution is -2.20. The lowest BCUT2D eigenvalue weighted by atomic mass is 10.2. The van der Waals surface area contributed by atoms with Crippen molar-refractivity contribution in [2.24, 2.45) is 0 Å².